The molecule has 0 aromatic rings. The van der Waals surface area contributed by atoms with Crippen molar-refractivity contribution in [2.24, 2.45) is 0 Å². The van der Waals surface area contributed by atoms with Gasteiger partial charge in [0.15, 0.2) is 0 Å². The van der Waals surface area contributed by atoms with E-state index in [4.69, 9.17) is 0 Å². The van der Waals surface area contributed by atoms with Crippen LogP contribution in [0.1, 0.15) is 0 Å². The van der Waals surface area contributed by atoms with Gasteiger partial charge in [-0.25, -0.2) is 0 Å². The molecule has 0 amide bonds. The van der Waals surface area contributed by atoms with E-state index < -0.39 is 0 Å². The van der Waals surface area contributed by atoms with Crippen molar-refractivity contribution in [3.05, 3.63) is 0 Å². The van der Waals surface area contributed by atoms with E-state index in [0.29, 0.717) is 0 Å². The molecule has 11 heavy (non-hydrogen) atoms. The number of rotatable bonds is 0. The van der Waals surface area contributed by atoms with Crippen molar-refractivity contribution in [1.29, 1.82) is 0 Å². The molecule has 0 unspecified atom stereocenters. The van der Waals surface area contributed by atoms with E-state index in [1.807, 2.05) is 0 Å². The molecule has 1 heterocycles. The molecule has 0 aromatic heterocycles. The lowest BCUT2D eigenvalue weighted by atomic mass is 10.4. The molecule has 1 aliphatic rings. The molecule has 0 radical (unpaired) electrons. The second kappa shape index (κ2) is 22.5. The van der Waals surface area contributed by atoms with Crippen LogP contribution in [0.15, 0.2) is 0 Å². The van der Waals surface area contributed by atoms with Crippen LogP contribution in [0.5, 0.6) is 0 Å². The first-order valence-electron chi connectivity index (χ1n) is 2.41. The van der Waals surface area contributed by atoms with Gasteiger partial charge in [0.05, 0.1) is 0 Å². The van der Waals surface area contributed by atoms with E-state index in [2.05, 4.69) is 10.6 Å². The number of hydrogen-bond acceptors (Lipinski definition) is 2. The summed E-state index contributed by atoms with van der Waals surface area (Å²) in [6.07, 6.45) is 0. The standard InChI is InChI=1S/C4H10N2.5ClH/c1-2-6-4-3-5-1;;;;;/h5-6H,1-4H2;5*1H. The van der Waals surface area contributed by atoms with Crippen LogP contribution in [0.4, 0.5) is 0 Å². The summed E-state index contributed by atoms with van der Waals surface area (Å²) in [6.45, 7) is 4.56. The predicted octanol–water partition coefficient (Wildman–Crippen LogP) is 1.29. The minimum Gasteiger partial charge on any atom is -0.314 e. The highest BCUT2D eigenvalue weighted by molar-refractivity contribution is 5.86. The summed E-state index contributed by atoms with van der Waals surface area (Å²) in [7, 11) is 0. The monoisotopic (exact) mass is 266 g/mol. The fourth-order valence-electron chi connectivity index (χ4n) is 0.604. The third-order valence-electron chi connectivity index (χ3n) is 0.957. The van der Waals surface area contributed by atoms with Crippen LogP contribution < -0.4 is 10.6 Å². The molecule has 1 aliphatic heterocycles. The van der Waals surface area contributed by atoms with Gasteiger partial charge in [0.25, 0.3) is 0 Å². The molecule has 0 aromatic carbocycles. The molecule has 2 nitrogen and oxygen atoms in total. The molecule has 0 bridgehead atoms. The average Bonchev–Trinajstić information content (AvgIpc) is 1.72. The van der Waals surface area contributed by atoms with Gasteiger partial charge in [0.2, 0.25) is 0 Å². The van der Waals surface area contributed by atoms with E-state index in [1.165, 1.54) is 0 Å². The number of hydrogen-bond donors (Lipinski definition) is 2. The van der Waals surface area contributed by atoms with E-state index >= 15 is 0 Å². The number of nitrogens with one attached hydrogen (secondary N) is 2. The summed E-state index contributed by atoms with van der Waals surface area (Å²) in [5, 5.41) is 6.44. The zero-order valence-corrected chi connectivity index (χ0v) is 9.95. The third kappa shape index (κ3) is 18.4. The van der Waals surface area contributed by atoms with Crippen LogP contribution in [-0.4, -0.2) is 26.2 Å². The molecule has 76 valence electrons. The van der Waals surface area contributed by atoms with Gasteiger partial charge in [0, 0.05) is 26.2 Å². The Morgan fingerprint density at radius 1 is 0.455 bits per heavy atom. The lowest BCUT2D eigenvalue weighted by molar-refractivity contribution is 0.534. The highest BCUT2D eigenvalue weighted by atomic mass is 35.5. The summed E-state index contributed by atoms with van der Waals surface area (Å²) in [5.74, 6) is 0. The molecule has 0 saturated carbocycles. The van der Waals surface area contributed by atoms with Crippen LogP contribution in [0.25, 0.3) is 0 Å². The van der Waals surface area contributed by atoms with Gasteiger partial charge in [0.1, 0.15) is 0 Å². The summed E-state index contributed by atoms with van der Waals surface area (Å²) in [6, 6.07) is 0. The second-order valence-corrected chi connectivity index (χ2v) is 1.50. The maximum absolute atomic E-state index is 3.22. The number of piperazine rings is 1. The van der Waals surface area contributed by atoms with Crippen molar-refractivity contribution in [1.82, 2.24) is 10.6 Å². The highest BCUT2D eigenvalue weighted by Crippen LogP contribution is 1.65. The van der Waals surface area contributed by atoms with Gasteiger partial charge in [-0.1, -0.05) is 0 Å². The molecular weight excluding hydrogens is 253 g/mol. The minimum absolute atomic E-state index is 0. The van der Waals surface area contributed by atoms with Gasteiger partial charge in [-0.05, 0) is 0 Å². The summed E-state index contributed by atoms with van der Waals surface area (Å²) in [4.78, 5) is 0. The Balaban J connectivity index is -0.0000000240. The summed E-state index contributed by atoms with van der Waals surface area (Å²) >= 11 is 0. The molecule has 0 atom stereocenters. The fourth-order valence-corrected chi connectivity index (χ4v) is 0.604. The van der Waals surface area contributed by atoms with Gasteiger partial charge < -0.3 is 10.6 Å². The normalized spacial score (nSPS) is 13.1. The molecule has 2 N–H and O–H groups in total. The molecule has 1 rings (SSSR count). The maximum atomic E-state index is 3.22. The SMILES string of the molecule is C1CNCCN1.Cl.Cl.Cl.Cl.Cl. The number of halogens is 5. The lowest BCUT2D eigenvalue weighted by Crippen LogP contribution is -2.39. The van der Waals surface area contributed by atoms with Gasteiger partial charge >= 0.3 is 0 Å². The van der Waals surface area contributed by atoms with Crippen molar-refractivity contribution in [2.45, 2.75) is 0 Å². The van der Waals surface area contributed by atoms with Crippen LogP contribution in [0, 0.1) is 0 Å². The minimum atomic E-state index is 0. The predicted molar refractivity (Wildman–Crippen MR) is 62.0 cm³/mol. The third-order valence-corrected chi connectivity index (χ3v) is 0.957. The zero-order valence-electron chi connectivity index (χ0n) is 5.87. The van der Waals surface area contributed by atoms with Crippen molar-refractivity contribution < 1.29 is 0 Å². The van der Waals surface area contributed by atoms with E-state index in [9.17, 15) is 0 Å². The molecular formula is C4H15Cl5N2. The van der Waals surface area contributed by atoms with E-state index in [0.717, 1.165) is 26.2 Å². The second-order valence-electron chi connectivity index (χ2n) is 1.50. The largest absolute Gasteiger partial charge is 0.314 e. The Bertz CT molecular complexity index is 32.0. The highest BCUT2D eigenvalue weighted by Gasteiger charge is 1.91. The Morgan fingerprint density at radius 2 is 0.636 bits per heavy atom. The Labute approximate surface area is 98.7 Å². The zero-order chi connectivity index (χ0) is 4.24. The topological polar surface area (TPSA) is 24.1 Å². The Hall–Kier alpha value is 1.37. The van der Waals surface area contributed by atoms with Crippen LogP contribution in [0.2, 0.25) is 0 Å². The van der Waals surface area contributed by atoms with Crippen LogP contribution >= 0.6 is 62.0 Å². The molecule has 1 fully saturated rings. The fraction of sp³-hybridized carbons (Fsp3) is 1.00. The maximum Gasteiger partial charge on any atom is 0.00772 e. The first-order chi connectivity index (χ1) is 3.00. The van der Waals surface area contributed by atoms with E-state index in [1.54, 1.807) is 0 Å². The van der Waals surface area contributed by atoms with Crippen molar-refractivity contribution >= 4 is 62.0 Å². The van der Waals surface area contributed by atoms with Crippen LogP contribution in [0.3, 0.4) is 0 Å². The van der Waals surface area contributed by atoms with Gasteiger partial charge in [-0.15, -0.1) is 62.0 Å². The lowest BCUT2D eigenvalue weighted by Gasteiger charge is -2.11. The Morgan fingerprint density at radius 3 is 0.727 bits per heavy atom. The van der Waals surface area contributed by atoms with Crippen LogP contribution in [-0.2, 0) is 0 Å². The smallest absolute Gasteiger partial charge is 0.00772 e. The molecule has 7 heteroatoms. The van der Waals surface area contributed by atoms with Crippen molar-refractivity contribution in [2.75, 3.05) is 26.2 Å². The van der Waals surface area contributed by atoms with Crippen molar-refractivity contribution in [3.8, 4) is 0 Å². The van der Waals surface area contributed by atoms with E-state index in [-0.39, 0.29) is 62.0 Å². The molecule has 1 saturated heterocycles. The molecule has 0 spiro atoms. The average molecular weight is 268 g/mol. The van der Waals surface area contributed by atoms with Crippen molar-refractivity contribution in [3.63, 3.8) is 0 Å². The van der Waals surface area contributed by atoms with Gasteiger partial charge in [-0.2, -0.15) is 0 Å². The first-order valence-corrected chi connectivity index (χ1v) is 2.41. The quantitative estimate of drug-likeness (QED) is 0.692. The first kappa shape index (κ1) is 29.4. The molecule has 0 aliphatic carbocycles. The summed E-state index contributed by atoms with van der Waals surface area (Å²) in [5.41, 5.74) is 0. The Kier molecular flexibility index (Phi) is 60.2. The summed E-state index contributed by atoms with van der Waals surface area (Å²) < 4.78 is 0. The van der Waals surface area contributed by atoms with Gasteiger partial charge in [-0.3, -0.25) is 0 Å².